The molecule has 1 aromatic rings. The molecule has 186 valence electrons. The number of hydrogen-bond acceptors (Lipinski definition) is 7. The van der Waals surface area contributed by atoms with Gasteiger partial charge in [-0.3, -0.25) is 4.90 Å². The number of nitrogens with zero attached hydrogens (tertiary/aromatic N) is 1. The van der Waals surface area contributed by atoms with E-state index in [1.165, 1.54) is 12.5 Å². The van der Waals surface area contributed by atoms with E-state index in [1.54, 1.807) is 13.8 Å². The molecule has 3 unspecified atom stereocenters. The lowest BCUT2D eigenvalue weighted by Crippen LogP contribution is -2.48. The number of carbonyl (C=O) groups is 1. The molecule has 4 atom stereocenters. The number of ether oxygens (including phenoxy) is 3. The van der Waals surface area contributed by atoms with Crippen LogP contribution in [0.3, 0.4) is 0 Å². The summed E-state index contributed by atoms with van der Waals surface area (Å²) in [6, 6.07) is 4.17. The highest BCUT2D eigenvalue weighted by Crippen LogP contribution is 2.55. The first-order valence-corrected chi connectivity index (χ1v) is 12.5. The van der Waals surface area contributed by atoms with Gasteiger partial charge in [0, 0.05) is 12.5 Å². The number of carbonyl (C=O) groups excluding carboxylic acids is 1. The lowest BCUT2D eigenvalue weighted by molar-refractivity contribution is -0.170. The lowest BCUT2D eigenvalue weighted by atomic mass is 9.77. The predicted molar refractivity (Wildman–Crippen MR) is 127 cm³/mol. The quantitative estimate of drug-likeness (QED) is 0.485. The van der Waals surface area contributed by atoms with Gasteiger partial charge in [0.1, 0.15) is 6.10 Å². The monoisotopic (exact) mass is 471 g/mol. The molecule has 4 aliphatic rings. The summed E-state index contributed by atoms with van der Waals surface area (Å²) in [6.07, 6.45) is 6.15. The molecule has 2 N–H and O–H groups in total. The second-order valence-corrected chi connectivity index (χ2v) is 11.4. The zero-order valence-electron chi connectivity index (χ0n) is 20.7. The Labute approximate surface area is 201 Å². The fourth-order valence-electron chi connectivity index (χ4n) is 6.41. The predicted octanol–water partition coefficient (Wildman–Crippen LogP) is 3.45. The van der Waals surface area contributed by atoms with Crippen LogP contribution in [0.4, 0.5) is 0 Å². The number of hydrogen-bond donors (Lipinski definition) is 2. The fraction of sp³-hybridized carbons (Fsp3) is 0.667. The number of esters is 1. The van der Waals surface area contributed by atoms with Crippen LogP contribution in [0.25, 0.3) is 0 Å². The van der Waals surface area contributed by atoms with E-state index in [-0.39, 0.29) is 24.7 Å². The Hall–Kier alpha value is -2.09. The summed E-state index contributed by atoms with van der Waals surface area (Å²) >= 11 is 0. The molecule has 5 rings (SSSR count). The molecular weight excluding hydrogens is 434 g/mol. The minimum Gasteiger partial charge on any atom is -0.455 e. The van der Waals surface area contributed by atoms with Crippen LogP contribution in [-0.4, -0.2) is 63.8 Å². The van der Waals surface area contributed by atoms with Crippen LogP contribution in [0.2, 0.25) is 0 Å². The van der Waals surface area contributed by atoms with Crippen LogP contribution in [0.15, 0.2) is 23.8 Å². The van der Waals surface area contributed by atoms with E-state index in [1.807, 2.05) is 6.92 Å². The van der Waals surface area contributed by atoms with Crippen molar-refractivity contribution in [2.45, 2.75) is 95.0 Å². The molecular formula is C27H37NO6. The molecule has 3 aliphatic heterocycles. The number of aliphatic hydroxyl groups is 2. The Morgan fingerprint density at radius 2 is 1.91 bits per heavy atom. The Morgan fingerprint density at radius 3 is 2.65 bits per heavy atom. The minimum absolute atomic E-state index is 0.0573. The van der Waals surface area contributed by atoms with Crippen LogP contribution in [0, 0.1) is 0 Å². The topological polar surface area (TPSA) is 88.5 Å². The van der Waals surface area contributed by atoms with E-state index in [2.05, 4.69) is 23.1 Å². The Balaban J connectivity index is 1.45. The average Bonchev–Trinajstić information content (AvgIpc) is 3.41. The summed E-state index contributed by atoms with van der Waals surface area (Å²) in [4.78, 5) is 15.8. The van der Waals surface area contributed by atoms with Crippen molar-refractivity contribution in [3.63, 3.8) is 0 Å². The molecule has 0 amide bonds. The summed E-state index contributed by atoms with van der Waals surface area (Å²) in [5.74, 6) is 0.863. The van der Waals surface area contributed by atoms with Gasteiger partial charge in [-0.05, 0) is 102 Å². The molecule has 0 bridgehead atoms. The molecule has 1 aromatic carbocycles. The third kappa shape index (κ3) is 4.01. The van der Waals surface area contributed by atoms with Crippen molar-refractivity contribution in [2.75, 3.05) is 19.9 Å². The van der Waals surface area contributed by atoms with Gasteiger partial charge in [0.15, 0.2) is 17.1 Å². The second-order valence-electron chi connectivity index (χ2n) is 11.4. The van der Waals surface area contributed by atoms with E-state index in [0.29, 0.717) is 12.8 Å². The van der Waals surface area contributed by atoms with Crippen molar-refractivity contribution in [2.24, 2.45) is 0 Å². The first kappa shape index (κ1) is 23.6. The van der Waals surface area contributed by atoms with E-state index >= 15 is 0 Å². The van der Waals surface area contributed by atoms with E-state index in [9.17, 15) is 15.0 Å². The van der Waals surface area contributed by atoms with Gasteiger partial charge in [-0.1, -0.05) is 6.08 Å². The molecule has 1 aliphatic carbocycles. The van der Waals surface area contributed by atoms with E-state index in [0.717, 1.165) is 55.0 Å². The number of rotatable bonds is 6. The largest absolute Gasteiger partial charge is 0.455 e. The summed E-state index contributed by atoms with van der Waals surface area (Å²) in [5, 5.41) is 21.0. The average molecular weight is 472 g/mol. The van der Waals surface area contributed by atoms with Gasteiger partial charge >= 0.3 is 5.97 Å². The summed E-state index contributed by atoms with van der Waals surface area (Å²) in [5.41, 5.74) is 0.757. The van der Waals surface area contributed by atoms with Crippen LogP contribution in [-0.2, 0) is 16.0 Å². The highest BCUT2D eigenvalue weighted by atomic mass is 16.7. The minimum atomic E-state index is -1.61. The first-order chi connectivity index (χ1) is 16.0. The first-order valence-electron chi connectivity index (χ1n) is 12.5. The van der Waals surface area contributed by atoms with Crippen LogP contribution in [0.1, 0.15) is 76.8 Å². The zero-order valence-corrected chi connectivity index (χ0v) is 20.7. The van der Waals surface area contributed by atoms with Crippen molar-refractivity contribution < 1.29 is 29.2 Å². The van der Waals surface area contributed by atoms with Crippen LogP contribution >= 0.6 is 0 Å². The zero-order chi connectivity index (χ0) is 24.3. The van der Waals surface area contributed by atoms with Crippen molar-refractivity contribution in [1.29, 1.82) is 0 Å². The van der Waals surface area contributed by atoms with E-state index in [4.69, 9.17) is 14.2 Å². The maximum absolute atomic E-state index is 13.3. The van der Waals surface area contributed by atoms with E-state index < -0.39 is 23.3 Å². The van der Waals surface area contributed by atoms with Crippen LogP contribution in [0.5, 0.6) is 11.5 Å². The molecule has 0 aromatic heterocycles. The van der Waals surface area contributed by atoms with Crippen molar-refractivity contribution in [3.8, 4) is 11.5 Å². The van der Waals surface area contributed by atoms with Gasteiger partial charge in [-0.25, -0.2) is 4.79 Å². The Kier molecular flexibility index (Phi) is 5.73. The Bertz CT molecular complexity index is 1010. The third-order valence-electron chi connectivity index (χ3n) is 8.11. The molecule has 0 saturated carbocycles. The number of benzene rings is 1. The summed E-state index contributed by atoms with van der Waals surface area (Å²) < 4.78 is 17.5. The molecule has 7 heteroatoms. The molecule has 0 radical (unpaired) electrons. The SMILES string of the molecule is CC1=CC23CCCN2CCc2cc4c(cc2C3[C@H]1OC(=O)C(C)(O)CCCC(C)(C)O)OCO4. The number of fused-ring (bicyclic) bond motifs is 3. The van der Waals surface area contributed by atoms with Gasteiger partial charge in [0.05, 0.1) is 11.1 Å². The van der Waals surface area contributed by atoms with Crippen molar-refractivity contribution in [3.05, 3.63) is 34.9 Å². The van der Waals surface area contributed by atoms with Crippen molar-refractivity contribution >= 4 is 5.97 Å². The van der Waals surface area contributed by atoms with Gasteiger partial charge in [-0.15, -0.1) is 0 Å². The van der Waals surface area contributed by atoms with Gasteiger partial charge < -0.3 is 24.4 Å². The fourth-order valence-corrected chi connectivity index (χ4v) is 6.41. The lowest BCUT2D eigenvalue weighted by Gasteiger charge is -2.40. The molecule has 1 fully saturated rings. The highest BCUT2D eigenvalue weighted by Gasteiger charge is 2.57. The van der Waals surface area contributed by atoms with Gasteiger partial charge in [0.25, 0.3) is 0 Å². The summed E-state index contributed by atoms with van der Waals surface area (Å²) in [6.45, 7) is 9.21. The maximum Gasteiger partial charge on any atom is 0.338 e. The molecule has 34 heavy (non-hydrogen) atoms. The smallest absolute Gasteiger partial charge is 0.338 e. The van der Waals surface area contributed by atoms with Gasteiger partial charge in [-0.2, -0.15) is 0 Å². The molecule has 7 nitrogen and oxygen atoms in total. The Morgan fingerprint density at radius 1 is 1.18 bits per heavy atom. The van der Waals surface area contributed by atoms with Gasteiger partial charge in [0.2, 0.25) is 6.79 Å². The maximum atomic E-state index is 13.3. The normalized spacial score (nSPS) is 29.5. The molecule has 3 heterocycles. The highest BCUT2D eigenvalue weighted by molar-refractivity contribution is 5.79. The standard InChI is InChI=1S/C27H37NO6/c1-17-15-27-10-6-11-28(27)12-7-18-13-20-21(33-16-32-20)14-19(18)22(27)23(17)34-24(29)26(4,31)9-5-8-25(2,3)30/h13-15,22-23,30-31H,5-12,16H2,1-4H3/t22?,23-,26?,27?/m0/s1. The second kappa shape index (κ2) is 8.25. The van der Waals surface area contributed by atoms with Crippen LogP contribution < -0.4 is 9.47 Å². The summed E-state index contributed by atoms with van der Waals surface area (Å²) in [7, 11) is 0. The molecule has 1 saturated heterocycles. The third-order valence-corrected chi connectivity index (χ3v) is 8.11. The molecule has 1 spiro atoms. The van der Waals surface area contributed by atoms with Crippen molar-refractivity contribution in [1.82, 2.24) is 4.90 Å².